The number of amides is 3. The van der Waals surface area contributed by atoms with Crippen molar-refractivity contribution < 1.29 is 33.8 Å². The molecule has 3 aromatic carbocycles. The molecule has 0 aliphatic heterocycles. The Morgan fingerprint density at radius 2 is 1.54 bits per heavy atom. The van der Waals surface area contributed by atoms with E-state index in [1.165, 1.54) is 6.33 Å². The zero-order chi connectivity index (χ0) is 35.9. The van der Waals surface area contributed by atoms with Crippen LogP contribution in [0.1, 0.15) is 56.9 Å². The van der Waals surface area contributed by atoms with Crippen LogP contribution in [0.15, 0.2) is 85.3 Å². The van der Waals surface area contributed by atoms with E-state index in [9.17, 15) is 24.3 Å². The van der Waals surface area contributed by atoms with Crippen LogP contribution in [-0.4, -0.2) is 69.8 Å². The first-order chi connectivity index (χ1) is 24.1. The number of fused-ring (bicyclic) bond motifs is 1. The van der Waals surface area contributed by atoms with Gasteiger partial charge in [0.05, 0.1) is 30.8 Å². The number of nitrogens with one attached hydrogen (secondary N) is 4. The Hall–Kier alpha value is -5.23. The lowest BCUT2D eigenvalue weighted by atomic mass is 9.95. The van der Waals surface area contributed by atoms with Gasteiger partial charge in [-0.2, -0.15) is 0 Å². The predicted octanol–water partition coefficient (Wildman–Crippen LogP) is 4.36. The maximum Gasteiger partial charge on any atom is 0.408 e. The number of rotatable bonds is 18. The van der Waals surface area contributed by atoms with E-state index in [0.29, 0.717) is 12.1 Å². The fourth-order valence-electron chi connectivity index (χ4n) is 5.70. The van der Waals surface area contributed by atoms with E-state index < -0.39 is 48.1 Å². The van der Waals surface area contributed by atoms with E-state index >= 15 is 0 Å². The molecule has 0 fully saturated rings. The lowest BCUT2D eigenvalue weighted by Crippen LogP contribution is -2.57. The third kappa shape index (κ3) is 11.7. The fourth-order valence-corrected chi connectivity index (χ4v) is 5.70. The van der Waals surface area contributed by atoms with Crippen LogP contribution >= 0.6 is 0 Å². The number of H-pyrrole nitrogens is 1. The van der Waals surface area contributed by atoms with Gasteiger partial charge in [0, 0.05) is 25.5 Å². The third-order valence-electron chi connectivity index (χ3n) is 8.19. The highest BCUT2D eigenvalue weighted by Gasteiger charge is 2.31. The zero-order valence-corrected chi connectivity index (χ0v) is 28.8. The maximum atomic E-state index is 14.1. The van der Waals surface area contributed by atoms with Gasteiger partial charge in [-0.05, 0) is 47.6 Å². The number of imidazole rings is 1. The van der Waals surface area contributed by atoms with E-state index in [2.05, 4.69) is 25.9 Å². The second-order valence-corrected chi connectivity index (χ2v) is 12.6. The second-order valence-electron chi connectivity index (χ2n) is 12.6. The van der Waals surface area contributed by atoms with Crippen molar-refractivity contribution in [1.82, 2.24) is 25.9 Å². The van der Waals surface area contributed by atoms with Gasteiger partial charge in [-0.3, -0.25) is 14.4 Å². The van der Waals surface area contributed by atoms with Crippen LogP contribution < -0.4 is 16.0 Å². The van der Waals surface area contributed by atoms with Crippen LogP contribution in [0.2, 0.25) is 0 Å². The molecule has 12 heteroatoms. The highest BCUT2D eigenvalue weighted by Crippen LogP contribution is 2.20. The minimum atomic E-state index is -1.12. The molecule has 0 saturated carbocycles. The first-order valence-corrected chi connectivity index (χ1v) is 17.0. The van der Waals surface area contributed by atoms with Gasteiger partial charge in [0.1, 0.15) is 18.7 Å². The first kappa shape index (κ1) is 37.6. The monoisotopic (exact) mass is 685 g/mol. The molecule has 5 N–H and O–H groups in total. The van der Waals surface area contributed by atoms with Crippen LogP contribution in [0.25, 0.3) is 10.8 Å². The molecule has 0 aliphatic rings. The number of carbonyl (C=O) groups excluding carboxylic acids is 4. The average molecular weight is 686 g/mol. The van der Waals surface area contributed by atoms with Gasteiger partial charge in [0.15, 0.2) is 0 Å². The lowest BCUT2D eigenvalue weighted by molar-refractivity contribution is -0.143. The summed E-state index contributed by atoms with van der Waals surface area (Å²) in [6.07, 6.45) is 1.94. The van der Waals surface area contributed by atoms with Crippen molar-refractivity contribution in [3.63, 3.8) is 0 Å². The molecule has 0 bridgehead atoms. The summed E-state index contributed by atoms with van der Waals surface area (Å²) < 4.78 is 10.5. The standard InChI is InChI=1S/C38H47N5O7/c1-4-49-35(45)18-17-34(44)31(19-25(2)3)41-37(47)33(21-29-22-39-24-40-29)42-36(46)32(43-38(48)50-23-26-11-6-5-7-12-26)20-28-15-10-14-27-13-8-9-16-30(27)28/h5-16,22,24-25,31-34,44H,4,17-21,23H2,1-3H3,(H,39,40)(H,41,47)(H,42,46)(H,43,48)/t31-,32-,33-,34-/m0/s1. The van der Waals surface area contributed by atoms with Crippen LogP contribution in [0.4, 0.5) is 4.79 Å². The molecule has 0 unspecified atom stereocenters. The summed E-state index contributed by atoms with van der Waals surface area (Å²) in [5.74, 6) is -1.48. The van der Waals surface area contributed by atoms with Crippen molar-refractivity contribution >= 4 is 34.6 Å². The minimum Gasteiger partial charge on any atom is -0.466 e. The summed E-state index contributed by atoms with van der Waals surface area (Å²) in [6.45, 7) is 5.87. The van der Waals surface area contributed by atoms with Crippen molar-refractivity contribution in [3.05, 3.63) is 102 Å². The third-order valence-corrected chi connectivity index (χ3v) is 8.19. The Labute approximate surface area is 292 Å². The summed E-state index contributed by atoms with van der Waals surface area (Å²) in [6, 6.07) is 19.7. The fraction of sp³-hybridized carbons (Fsp3) is 0.395. The number of carbonyl (C=O) groups is 4. The number of benzene rings is 3. The summed E-state index contributed by atoms with van der Waals surface area (Å²) in [7, 11) is 0. The van der Waals surface area contributed by atoms with Gasteiger partial charge in [-0.1, -0.05) is 86.6 Å². The summed E-state index contributed by atoms with van der Waals surface area (Å²) in [5.41, 5.74) is 2.13. The van der Waals surface area contributed by atoms with E-state index in [4.69, 9.17) is 9.47 Å². The molecule has 1 heterocycles. The van der Waals surface area contributed by atoms with Gasteiger partial charge in [0.2, 0.25) is 11.8 Å². The minimum absolute atomic E-state index is 0.00516. The lowest BCUT2D eigenvalue weighted by Gasteiger charge is -2.29. The number of aromatic amines is 1. The molecule has 4 rings (SSSR count). The average Bonchev–Trinajstić information content (AvgIpc) is 3.62. The number of alkyl carbamates (subject to hydrolysis) is 1. The highest BCUT2D eigenvalue weighted by molar-refractivity contribution is 5.93. The van der Waals surface area contributed by atoms with Crippen molar-refractivity contribution in [2.75, 3.05) is 6.61 Å². The molecule has 0 spiro atoms. The van der Waals surface area contributed by atoms with E-state index in [0.717, 1.165) is 21.9 Å². The topological polar surface area (TPSA) is 172 Å². The second kappa shape index (κ2) is 19.1. The van der Waals surface area contributed by atoms with Crippen molar-refractivity contribution in [1.29, 1.82) is 0 Å². The molecule has 0 saturated heterocycles. The first-order valence-electron chi connectivity index (χ1n) is 17.0. The van der Waals surface area contributed by atoms with Gasteiger partial charge >= 0.3 is 12.1 Å². The number of esters is 1. The largest absolute Gasteiger partial charge is 0.466 e. The Balaban J connectivity index is 1.55. The van der Waals surface area contributed by atoms with Gasteiger partial charge in [-0.15, -0.1) is 0 Å². The van der Waals surface area contributed by atoms with Gasteiger partial charge < -0.3 is 35.5 Å². The number of aliphatic hydroxyl groups excluding tert-OH is 1. The molecular weight excluding hydrogens is 638 g/mol. The van der Waals surface area contributed by atoms with Crippen LogP contribution in [0.3, 0.4) is 0 Å². The molecule has 266 valence electrons. The number of aliphatic hydroxyl groups is 1. The zero-order valence-electron chi connectivity index (χ0n) is 28.8. The van der Waals surface area contributed by atoms with Crippen LogP contribution in [-0.2, 0) is 43.3 Å². The quantitative estimate of drug-likeness (QED) is 0.0962. The van der Waals surface area contributed by atoms with Gasteiger partial charge in [0.25, 0.3) is 0 Å². The molecule has 4 atom stereocenters. The maximum absolute atomic E-state index is 14.1. The van der Waals surface area contributed by atoms with Crippen molar-refractivity contribution in [3.8, 4) is 0 Å². The molecule has 1 aromatic heterocycles. The van der Waals surface area contributed by atoms with E-state index in [-0.39, 0.29) is 44.8 Å². The summed E-state index contributed by atoms with van der Waals surface area (Å²) in [5, 5.41) is 21.4. The number of aromatic nitrogens is 2. The molecule has 0 aliphatic carbocycles. The highest BCUT2D eigenvalue weighted by atomic mass is 16.5. The van der Waals surface area contributed by atoms with Crippen molar-refractivity contribution in [2.45, 2.75) is 83.7 Å². The van der Waals surface area contributed by atoms with E-state index in [1.54, 1.807) is 13.1 Å². The van der Waals surface area contributed by atoms with Crippen molar-refractivity contribution in [2.24, 2.45) is 5.92 Å². The Morgan fingerprint density at radius 3 is 2.26 bits per heavy atom. The predicted molar refractivity (Wildman–Crippen MR) is 189 cm³/mol. The van der Waals surface area contributed by atoms with E-state index in [1.807, 2.05) is 86.6 Å². The van der Waals surface area contributed by atoms with Gasteiger partial charge in [-0.25, -0.2) is 9.78 Å². The number of ether oxygens (including phenoxy) is 2. The number of hydrogen-bond acceptors (Lipinski definition) is 8. The number of nitrogens with zero attached hydrogens (tertiary/aromatic N) is 1. The summed E-state index contributed by atoms with van der Waals surface area (Å²) in [4.78, 5) is 60.1. The molecule has 4 aromatic rings. The smallest absolute Gasteiger partial charge is 0.408 e. The summed E-state index contributed by atoms with van der Waals surface area (Å²) >= 11 is 0. The number of hydrogen-bond donors (Lipinski definition) is 5. The molecule has 3 amide bonds. The molecule has 0 radical (unpaired) electrons. The molecule has 12 nitrogen and oxygen atoms in total. The normalized spacial score (nSPS) is 13.5. The molecular formula is C38H47N5O7. The SMILES string of the molecule is CCOC(=O)CC[C@H](O)[C@H](CC(C)C)NC(=O)[C@H](Cc1c[nH]cn1)NC(=O)[C@H](Cc1cccc2ccccc12)NC(=O)OCc1ccccc1. The Morgan fingerprint density at radius 1 is 0.840 bits per heavy atom. The van der Waals surface area contributed by atoms with Crippen LogP contribution in [0.5, 0.6) is 0 Å². The Bertz CT molecular complexity index is 1670. The Kier molecular flexibility index (Phi) is 14.3. The van der Waals surface area contributed by atoms with Crippen LogP contribution in [0, 0.1) is 5.92 Å². The molecule has 50 heavy (non-hydrogen) atoms.